The molecule has 2 saturated heterocycles. The van der Waals surface area contributed by atoms with E-state index in [9.17, 15) is 5.11 Å². The molecular formula is C12H22O3. The standard InChI is InChI=1S/C12H22O3/c1-12(13,10-6-2-4-8-14-10)11-7-3-5-9-15-11/h10-11,13H,2-9H2,1H3. The van der Waals surface area contributed by atoms with E-state index in [1.165, 1.54) is 0 Å². The summed E-state index contributed by atoms with van der Waals surface area (Å²) in [6.07, 6.45) is 6.43. The first kappa shape index (κ1) is 11.4. The lowest BCUT2D eigenvalue weighted by molar-refractivity contribution is -0.191. The lowest BCUT2D eigenvalue weighted by Crippen LogP contribution is -2.53. The van der Waals surface area contributed by atoms with Gasteiger partial charge < -0.3 is 14.6 Å². The van der Waals surface area contributed by atoms with Crippen molar-refractivity contribution in [1.82, 2.24) is 0 Å². The zero-order chi connectivity index (χ0) is 10.7. The molecule has 0 aromatic carbocycles. The number of ether oxygens (including phenoxy) is 2. The SMILES string of the molecule is CC(O)(C1CCCCO1)C1CCCCO1. The molecule has 88 valence electrons. The van der Waals surface area contributed by atoms with E-state index < -0.39 is 5.60 Å². The third-order valence-electron chi connectivity index (χ3n) is 3.66. The molecule has 0 amide bonds. The van der Waals surface area contributed by atoms with Crippen molar-refractivity contribution >= 4 is 0 Å². The third-order valence-corrected chi connectivity index (χ3v) is 3.66. The fraction of sp³-hybridized carbons (Fsp3) is 1.00. The number of hydrogen-bond acceptors (Lipinski definition) is 3. The molecular weight excluding hydrogens is 192 g/mol. The Bertz CT molecular complexity index is 171. The molecule has 0 aromatic rings. The summed E-state index contributed by atoms with van der Waals surface area (Å²) in [6.45, 7) is 3.44. The summed E-state index contributed by atoms with van der Waals surface area (Å²) in [7, 11) is 0. The average Bonchev–Trinajstić information content (AvgIpc) is 2.31. The molecule has 3 nitrogen and oxygen atoms in total. The summed E-state index contributed by atoms with van der Waals surface area (Å²) >= 11 is 0. The Morgan fingerprint density at radius 1 is 0.933 bits per heavy atom. The molecule has 2 atom stereocenters. The highest BCUT2D eigenvalue weighted by atomic mass is 16.5. The van der Waals surface area contributed by atoms with Crippen molar-refractivity contribution in [3.05, 3.63) is 0 Å². The average molecular weight is 214 g/mol. The maximum absolute atomic E-state index is 10.5. The second-order valence-corrected chi connectivity index (χ2v) is 4.94. The Morgan fingerprint density at radius 3 is 1.73 bits per heavy atom. The fourth-order valence-corrected chi connectivity index (χ4v) is 2.61. The topological polar surface area (TPSA) is 38.7 Å². The van der Waals surface area contributed by atoms with Gasteiger partial charge in [0, 0.05) is 13.2 Å². The smallest absolute Gasteiger partial charge is 0.114 e. The minimum Gasteiger partial charge on any atom is -0.385 e. The van der Waals surface area contributed by atoms with E-state index in [0.717, 1.165) is 51.7 Å². The number of hydrogen-bond donors (Lipinski definition) is 1. The van der Waals surface area contributed by atoms with Gasteiger partial charge in [0.1, 0.15) is 5.60 Å². The molecule has 2 heterocycles. The molecule has 1 N–H and O–H groups in total. The second-order valence-electron chi connectivity index (χ2n) is 4.94. The van der Waals surface area contributed by atoms with E-state index in [-0.39, 0.29) is 12.2 Å². The number of rotatable bonds is 2. The van der Waals surface area contributed by atoms with Gasteiger partial charge in [-0.1, -0.05) is 0 Å². The Kier molecular flexibility index (Phi) is 3.65. The Labute approximate surface area is 91.8 Å². The number of aliphatic hydroxyl groups is 1. The Morgan fingerprint density at radius 2 is 1.40 bits per heavy atom. The summed E-state index contributed by atoms with van der Waals surface area (Å²) in [5, 5.41) is 10.5. The van der Waals surface area contributed by atoms with Gasteiger partial charge >= 0.3 is 0 Å². The van der Waals surface area contributed by atoms with Crippen LogP contribution < -0.4 is 0 Å². The van der Waals surface area contributed by atoms with Gasteiger partial charge in [0.15, 0.2) is 0 Å². The van der Waals surface area contributed by atoms with Gasteiger partial charge in [-0.15, -0.1) is 0 Å². The van der Waals surface area contributed by atoms with Crippen LogP contribution in [0.25, 0.3) is 0 Å². The van der Waals surface area contributed by atoms with Gasteiger partial charge in [-0.2, -0.15) is 0 Å². The first-order valence-corrected chi connectivity index (χ1v) is 6.17. The van der Waals surface area contributed by atoms with Crippen LogP contribution in [-0.2, 0) is 9.47 Å². The van der Waals surface area contributed by atoms with Crippen LogP contribution in [0.1, 0.15) is 45.4 Å². The molecule has 2 aliphatic rings. The van der Waals surface area contributed by atoms with Crippen molar-refractivity contribution in [3.63, 3.8) is 0 Å². The van der Waals surface area contributed by atoms with E-state index >= 15 is 0 Å². The third kappa shape index (κ3) is 2.52. The minimum absolute atomic E-state index is 0.0330. The van der Waals surface area contributed by atoms with Crippen LogP contribution in [-0.4, -0.2) is 36.1 Å². The van der Waals surface area contributed by atoms with Crippen molar-refractivity contribution in [1.29, 1.82) is 0 Å². The predicted octanol–water partition coefficient (Wildman–Crippen LogP) is 1.88. The molecule has 2 aliphatic heterocycles. The normalized spacial score (nSPS) is 37.2. The molecule has 15 heavy (non-hydrogen) atoms. The summed E-state index contributed by atoms with van der Waals surface area (Å²) < 4.78 is 11.3. The van der Waals surface area contributed by atoms with E-state index in [4.69, 9.17) is 9.47 Å². The first-order valence-electron chi connectivity index (χ1n) is 6.17. The molecule has 3 heteroatoms. The summed E-state index contributed by atoms with van der Waals surface area (Å²) in [5.41, 5.74) is -0.805. The Balaban J connectivity index is 1.96. The maximum Gasteiger partial charge on any atom is 0.114 e. The molecule has 0 saturated carbocycles. The zero-order valence-electron chi connectivity index (χ0n) is 9.58. The molecule has 2 fully saturated rings. The van der Waals surface area contributed by atoms with Crippen LogP contribution >= 0.6 is 0 Å². The van der Waals surface area contributed by atoms with Crippen LogP contribution in [0.2, 0.25) is 0 Å². The highest BCUT2D eigenvalue weighted by Crippen LogP contribution is 2.31. The van der Waals surface area contributed by atoms with Crippen LogP contribution in [0.4, 0.5) is 0 Å². The van der Waals surface area contributed by atoms with Crippen LogP contribution in [0.5, 0.6) is 0 Å². The first-order chi connectivity index (χ1) is 7.21. The van der Waals surface area contributed by atoms with Crippen LogP contribution in [0, 0.1) is 0 Å². The van der Waals surface area contributed by atoms with Gasteiger partial charge in [0.05, 0.1) is 12.2 Å². The van der Waals surface area contributed by atoms with Crippen molar-refractivity contribution < 1.29 is 14.6 Å². The van der Waals surface area contributed by atoms with E-state index in [2.05, 4.69) is 0 Å². The van der Waals surface area contributed by atoms with Crippen molar-refractivity contribution in [2.24, 2.45) is 0 Å². The van der Waals surface area contributed by atoms with Gasteiger partial charge in [-0.05, 0) is 45.4 Å². The van der Waals surface area contributed by atoms with Crippen LogP contribution in [0.15, 0.2) is 0 Å². The summed E-state index contributed by atoms with van der Waals surface area (Å²) in [4.78, 5) is 0. The maximum atomic E-state index is 10.5. The van der Waals surface area contributed by atoms with Crippen molar-refractivity contribution in [3.8, 4) is 0 Å². The largest absolute Gasteiger partial charge is 0.385 e. The van der Waals surface area contributed by atoms with Crippen molar-refractivity contribution in [2.75, 3.05) is 13.2 Å². The molecule has 0 radical (unpaired) electrons. The molecule has 0 aromatic heterocycles. The van der Waals surface area contributed by atoms with Gasteiger partial charge in [-0.25, -0.2) is 0 Å². The molecule has 0 spiro atoms. The molecule has 2 unspecified atom stereocenters. The van der Waals surface area contributed by atoms with E-state index in [0.29, 0.717) is 0 Å². The fourth-order valence-electron chi connectivity index (χ4n) is 2.61. The molecule has 0 aliphatic carbocycles. The second kappa shape index (κ2) is 4.81. The predicted molar refractivity (Wildman–Crippen MR) is 57.8 cm³/mol. The summed E-state index contributed by atoms with van der Waals surface area (Å²) in [5.74, 6) is 0. The highest BCUT2D eigenvalue weighted by molar-refractivity contribution is 4.93. The van der Waals surface area contributed by atoms with E-state index in [1.807, 2.05) is 6.92 Å². The zero-order valence-corrected chi connectivity index (χ0v) is 9.58. The van der Waals surface area contributed by atoms with Crippen LogP contribution in [0.3, 0.4) is 0 Å². The van der Waals surface area contributed by atoms with Gasteiger partial charge in [0.25, 0.3) is 0 Å². The monoisotopic (exact) mass is 214 g/mol. The van der Waals surface area contributed by atoms with Crippen molar-refractivity contribution in [2.45, 2.75) is 63.3 Å². The quantitative estimate of drug-likeness (QED) is 0.762. The highest BCUT2D eigenvalue weighted by Gasteiger charge is 2.42. The lowest BCUT2D eigenvalue weighted by atomic mass is 9.84. The molecule has 2 rings (SSSR count). The Hall–Kier alpha value is -0.120. The van der Waals surface area contributed by atoms with E-state index in [1.54, 1.807) is 0 Å². The lowest BCUT2D eigenvalue weighted by Gasteiger charge is -2.42. The minimum atomic E-state index is -0.805. The van der Waals surface area contributed by atoms with Gasteiger partial charge in [-0.3, -0.25) is 0 Å². The molecule has 0 bridgehead atoms. The summed E-state index contributed by atoms with van der Waals surface area (Å²) in [6, 6.07) is 0. The van der Waals surface area contributed by atoms with Gasteiger partial charge in [0.2, 0.25) is 0 Å².